The average Bonchev–Trinajstić information content (AvgIpc) is 2.43. The Hall–Kier alpha value is -1.34. The van der Waals surface area contributed by atoms with Gasteiger partial charge in [0, 0.05) is 11.7 Å². The number of hydrogen-bond donors (Lipinski definition) is 3. The zero-order valence-electron chi connectivity index (χ0n) is 10.2. The van der Waals surface area contributed by atoms with Gasteiger partial charge in [0.25, 0.3) is 0 Å². The maximum Gasteiger partial charge on any atom is 0.333 e. The van der Waals surface area contributed by atoms with Crippen molar-refractivity contribution < 1.29 is 33.4 Å². The SMILES string of the molecule is O=C(O)CCC(OP(=O)(SO)c1ccccc1)C(=O)O. The van der Waals surface area contributed by atoms with Crippen molar-refractivity contribution in [2.75, 3.05) is 0 Å². The molecule has 1 rings (SSSR count). The first kappa shape index (κ1) is 16.7. The number of carboxylic acids is 2. The summed E-state index contributed by atoms with van der Waals surface area (Å²) in [4.78, 5) is 21.5. The Morgan fingerprint density at radius 2 is 1.85 bits per heavy atom. The van der Waals surface area contributed by atoms with Crippen molar-refractivity contribution in [3.63, 3.8) is 0 Å². The minimum absolute atomic E-state index is 0.0721. The van der Waals surface area contributed by atoms with Crippen LogP contribution in [0.25, 0.3) is 0 Å². The van der Waals surface area contributed by atoms with Crippen molar-refractivity contribution >= 4 is 35.5 Å². The summed E-state index contributed by atoms with van der Waals surface area (Å²) in [5, 5.41) is 17.7. The van der Waals surface area contributed by atoms with E-state index in [2.05, 4.69) is 0 Å². The van der Waals surface area contributed by atoms with Crippen LogP contribution in [-0.4, -0.2) is 32.8 Å². The van der Waals surface area contributed by atoms with Gasteiger partial charge in [0.05, 0.1) is 11.7 Å². The molecule has 0 aromatic heterocycles. The molecular weight excluding hydrogens is 307 g/mol. The molecule has 7 nitrogen and oxygen atoms in total. The minimum atomic E-state index is -3.82. The van der Waals surface area contributed by atoms with Crippen LogP contribution < -0.4 is 5.30 Å². The van der Waals surface area contributed by atoms with E-state index >= 15 is 0 Å². The molecule has 0 saturated carbocycles. The van der Waals surface area contributed by atoms with Crippen molar-refractivity contribution in [1.82, 2.24) is 0 Å². The number of rotatable bonds is 8. The summed E-state index contributed by atoms with van der Waals surface area (Å²) >= 11 is -0.0721. The maximum atomic E-state index is 12.4. The predicted octanol–water partition coefficient (Wildman–Crippen LogP) is 2.05. The summed E-state index contributed by atoms with van der Waals surface area (Å²) in [5.41, 5.74) is 0. The molecular formula is C11H13O7PS. The fourth-order valence-electron chi connectivity index (χ4n) is 1.38. The summed E-state index contributed by atoms with van der Waals surface area (Å²) < 4.78 is 26.6. The van der Waals surface area contributed by atoms with Gasteiger partial charge in [-0.2, -0.15) is 0 Å². The Bertz CT molecular complexity index is 519. The van der Waals surface area contributed by atoms with E-state index in [1.807, 2.05) is 0 Å². The first-order chi connectivity index (χ1) is 9.39. The van der Waals surface area contributed by atoms with E-state index in [0.29, 0.717) is 0 Å². The van der Waals surface area contributed by atoms with E-state index in [9.17, 15) is 14.2 Å². The van der Waals surface area contributed by atoms with E-state index in [1.54, 1.807) is 18.2 Å². The highest BCUT2D eigenvalue weighted by Crippen LogP contribution is 2.57. The van der Waals surface area contributed by atoms with Gasteiger partial charge in [-0.05, 0) is 18.6 Å². The molecule has 1 aromatic rings. The van der Waals surface area contributed by atoms with Gasteiger partial charge < -0.3 is 19.3 Å². The van der Waals surface area contributed by atoms with Crippen LogP contribution in [0.5, 0.6) is 0 Å². The number of hydrogen-bond acceptors (Lipinski definition) is 6. The van der Waals surface area contributed by atoms with Crippen molar-refractivity contribution in [2.24, 2.45) is 0 Å². The fraction of sp³-hybridized carbons (Fsp3) is 0.273. The molecule has 0 saturated heterocycles. The summed E-state index contributed by atoms with van der Waals surface area (Å²) in [6.45, 7) is -3.82. The molecule has 2 unspecified atom stereocenters. The van der Waals surface area contributed by atoms with Gasteiger partial charge in [0.15, 0.2) is 6.10 Å². The zero-order valence-corrected chi connectivity index (χ0v) is 11.9. The summed E-state index contributed by atoms with van der Waals surface area (Å²) in [6, 6.07) is 7.65. The largest absolute Gasteiger partial charge is 0.481 e. The van der Waals surface area contributed by atoms with Gasteiger partial charge in [-0.25, -0.2) is 4.79 Å². The van der Waals surface area contributed by atoms with E-state index in [1.165, 1.54) is 12.1 Å². The number of benzene rings is 1. The second-order valence-corrected chi connectivity index (χ2v) is 7.60. The van der Waals surface area contributed by atoms with Crippen LogP contribution in [-0.2, 0) is 18.7 Å². The predicted molar refractivity (Wildman–Crippen MR) is 73.3 cm³/mol. The molecule has 20 heavy (non-hydrogen) atoms. The highest BCUT2D eigenvalue weighted by Gasteiger charge is 2.34. The number of aliphatic carboxylic acids is 2. The fourth-order valence-corrected chi connectivity index (χ4v) is 3.78. The molecule has 0 bridgehead atoms. The van der Waals surface area contributed by atoms with Crippen molar-refractivity contribution in [3.05, 3.63) is 30.3 Å². The lowest BCUT2D eigenvalue weighted by molar-refractivity contribution is -0.146. The molecule has 0 amide bonds. The van der Waals surface area contributed by atoms with Gasteiger partial charge in [-0.1, -0.05) is 18.2 Å². The van der Waals surface area contributed by atoms with Crippen LogP contribution in [0.1, 0.15) is 12.8 Å². The molecule has 1 aromatic carbocycles. The van der Waals surface area contributed by atoms with Crippen molar-refractivity contribution in [1.29, 1.82) is 0 Å². The van der Waals surface area contributed by atoms with Gasteiger partial charge >= 0.3 is 18.5 Å². The van der Waals surface area contributed by atoms with Crippen LogP contribution in [0.15, 0.2) is 30.3 Å². The van der Waals surface area contributed by atoms with Crippen LogP contribution in [0, 0.1) is 0 Å². The molecule has 0 spiro atoms. The second kappa shape index (κ2) is 7.44. The second-order valence-electron chi connectivity index (χ2n) is 3.78. The molecule has 0 aliphatic heterocycles. The van der Waals surface area contributed by atoms with Crippen molar-refractivity contribution in [3.8, 4) is 0 Å². The summed E-state index contributed by atoms with van der Waals surface area (Å²) in [5.74, 6) is -2.62. The van der Waals surface area contributed by atoms with Gasteiger partial charge in [-0.15, -0.1) is 0 Å². The van der Waals surface area contributed by atoms with E-state index < -0.39 is 31.0 Å². The Balaban J connectivity index is 2.91. The monoisotopic (exact) mass is 320 g/mol. The lowest BCUT2D eigenvalue weighted by Gasteiger charge is -2.19. The van der Waals surface area contributed by atoms with Crippen LogP contribution in [0.4, 0.5) is 0 Å². The summed E-state index contributed by atoms with van der Waals surface area (Å²) in [6.07, 6.45) is -2.36. The van der Waals surface area contributed by atoms with Crippen LogP contribution >= 0.6 is 18.2 Å². The standard InChI is InChI=1S/C11H13O7PS/c12-10(13)7-6-9(11(14)15)18-19(16,20-17)8-4-2-1-3-5-8/h1-5,9,17H,6-7H2,(H,12,13)(H,14,15). The quantitative estimate of drug-likeness (QED) is 0.491. The third-order valence-corrected chi connectivity index (χ3v) is 5.55. The summed E-state index contributed by atoms with van der Waals surface area (Å²) in [7, 11) is 0. The van der Waals surface area contributed by atoms with E-state index in [4.69, 9.17) is 19.3 Å². The molecule has 9 heteroatoms. The highest BCUT2D eigenvalue weighted by atomic mass is 32.7. The van der Waals surface area contributed by atoms with Crippen LogP contribution in [0.2, 0.25) is 0 Å². The molecule has 0 fully saturated rings. The van der Waals surface area contributed by atoms with Gasteiger partial charge in [0.1, 0.15) is 0 Å². The molecule has 0 radical (unpaired) electrons. The third-order valence-electron chi connectivity index (χ3n) is 2.34. The lowest BCUT2D eigenvalue weighted by Crippen LogP contribution is -2.25. The maximum absolute atomic E-state index is 12.4. The Morgan fingerprint density at radius 3 is 2.30 bits per heavy atom. The molecule has 110 valence electrons. The van der Waals surface area contributed by atoms with Crippen molar-refractivity contribution in [2.45, 2.75) is 18.9 Å². The van der Waals surface area contributed by atoms with E-state index in [0.717, 1.165) is 0 Å². The smallest absolute Gasteiger partial charge is 0.333 e. The third kappa shape index (κ3) is 4.64. The number of carbonyl (C=O) groups is 2. The van der Waals surface area contributed by atoms with Gasteiger partial charge in [0.2, 0.25) is 0 Å². The van der Waals surface area contributed by atoms with Crippen LogP contribution in [0.3, 0.4) is 0 Å². The molecule has 3 N–H and O–H groups in total. The minimum Gasteiger partial charge on any atom is -0.481 e. The molecule has 0 heterocycles. The first-order valence-electron chi connectivity index (χ1n) is 5.51. The Kier molecular flexibility index (Phi) is 6.22. The van der Waals surface area contributed by atoms with E-state index in [-0.39, 0.29) is 23.4 Å². The molecule has 2 atom stereocenters. The number of carboxylic acid groups (broad SMARTS) is 2. The first-order valence-corrected chi connectivity index (χ1v) is 8.51. The normalized spacial score (nSPS) is 15.2. The lowest BCUT2D eigenvalue weighted by atomic mass is 10.2. The highest BCUT2D eigenvalue weighted by molar-refractivity contribution is 8.56. The molecule has 0 aliphatic rings. The Labute approximate surface area is 119 Å². The molecule has 0 aliphatic carbocycles. The zero-order chi connectivity index (χ0) is 15.2. The van der Waals surface area contributed by atoms with Gasteiger partial charge in [-0.3, -0.25) is 9.36 Å². The Morgan fingerprint density at radius 1 is 1.25 bits per heavy atom. The topological polar surface area (TPSA) is 121 Å². The average molecular weight is 320 g/mol.